The van der Waals surface area contributed by atoms with Crippen LogP contribution in [-0.4, -0.2) is 30.5 Å². The van der Waals surface area contributed by atoms with Gasteiger partial charge >= 0.3 is 75.0 Å². The Morgan fingerprint density at radius 2 is 1.38 bits per heavy atom. The number of hydrogen-bond acceptors (Lipinski definition) is 3. The van der Waals surface area contributed by atoms with Gasteiger partial charge in [-0.3, -0.25) is 4.57 Å². The molecule has 7 nitrogen and oxygen atoms in total. The zero-order valence-corrected chi connectivity index (χ0v) is 13.3. The van der Waals surface area contributed by atoms with Gasteiger partial charge in [0, 0.05) is 4.57 Å². The molecule has 0 aliphatic heterocycles. The minimum atomic E-state index is -4.18. The molecule has 0 amide bonds. The molecule has 0 saturated heterocycles. The maximum Gasteiger partial charge on any atom is 1.00 e. The Morgan fingerprint density at radius 3 is 1.38 bits per heavy atom. The maximum absolute atomic E-state index is 9.78. The zero-order chi connectivity index (χ0) is 9.65. The fourth-order valence-electron chi connectivity index (χ4n) is 0. The van der Waals surface area contributed by atoms with Gasteiger partial charge in [-0.25, -0.2) is 0 Å². The van der Waals surface area contributed by atoms with Gasteiger partial charge in [-0.15, -0.1) is 9.79 Å². The van der Waals surface area contributed by atoms with Crippen molar-refractivity contribution >= 4 is 15.9 Å². The van der Waals surface area contributed by atoms with Gasteiger partial charge in [0.2, 0.25) is 0 Å². The van der Waals surface area contributed by atoms with E-state index in [-0.39, 0.29) is 62.0 Å². The first-order valence-electron chi connectivity index (χ1n) is 2.26. The Labute approximate surface area is 123 Å². The molecule has 13 heavy (non-hydrogen) atoms. The molecular formula is C2H11Na2O7P2+. The molecule has 0 aromatic heterocycles. The van der Waals surface area contributed by atoms with Crippen LogP contribution in [0.1, 0.15) is 9.78 Å². The van der Waals surface area contributed by atoms with E-state index >= 15 is 0 Å². The summed E-state index contributed by atoms with van der Waals surface area (Å²) in [6.07, 6.45) is 0. The topological polar surface area (TPSA) is 135 Å². The Hall–Kier alpha value is 2.13. The largest absolute Gasteiger partial charge is 1.00 e. The maximum atomic E-state index is 9.78. The molecule has 0 radical (unpaired) electrons. The summed E-state index contributed by atoms with van der Waals surface area (Å²) in [7, 11) is -7.05. The molecule has 0 saturated carbocycles. The van der Waals surface area contributed by atoms with Crippen molar-refractivity contribution in [3.63, 3.8) is 0 Å². The van der Waals surface area contributed by atoms with E-state index in [0.717, 1.165) is 6.92 Å². The van der Waals surface area contributed by atoms with Crippen LogP contribution in [0.25, 0.3) is 0 Å². The van der Waals surface area contributed by atoms with Gasteiger partial charge in [0.15, 0.2) is 5.85 Å². The van der Waals surface area contributed by atoms with E-state index < -0.39 is 21.7 Å². The molecule has 0 aliphatic rings. The summed E-state index contributed by atoms with van der Waals surface area (Å²) >= 11 is 0. The normalized spacial score (nSPS) is 10.9. The monoisotopic (exact) mass is 255 g/mol. The Balaban J connectivity index is -0.0000000230. The van der Waals surface area contributed by atoms with Crippen molar-refractivity contribution in [2.45, 2.75) is 12.8 Å². The van der Waals surface area contributed by atoms with Crippen LogP contribution in [-0.2, 0) is 9.13 Å². The summed E-state index contributed by atoms with van der Waals surface area (Å²) in [6, 6.07) is 0. The number of rotatable bonds is 1. The van der Waals surface area contributed by atoms with Crippen LogP contribution in [0.4, 0.5) is 0 Å². The van der Waals surface area contributed by atoms with E-state index in [1.807, 2.05) is 0 Å². The summed E-state index contributed by atoms with van der Waals surface area (Å²) in [6.45, 7) is 1.04. The summed E-state index contributed by atoms with van der Waals surface area (Å²) in [5.41, 5.74) is 0. The van der Waals surface area contributed by atoms with Crippen LogP contribution in [0, 0.1) is 0 Å². The van der Waals surface area contributed by atoms with E-state index in [0.29, 0.717) is 0 Å². The summed E-state index contributed by atoms with van der Waals surface area (Å²) < 4.78 is 18.5. The van der Waals surface area contributed by atoms with Crippen molar-refractivity contribution < 1.29 is 95.8 Å². The van der Waals surface area contributed by atoms with Gasteiger partial charge in [-0.1, -0.05) is 0 Å². The van der Waals surface area contributed by atoms with E-state index in [2.05, 4.69) is 0 Å². The second-order valence-electron chi connectivity index (χ2n) is 1.47. The SMILES string of the molecule is CC(O)P(=O)(O)O.O=[P+](O)O.[H-].[H-].[Na+].[Na+]. The fraction of sp³-hybridized carbons (Fsp3) is 1.00. The van der Waals surface area contributed by atoms with Crippen molar-refractivity contribution in [2.24, 2.45) is 0 Å². The number of hydrogen-bond donors (Lipinski definition) is 5. The Bertz CT molecular complexity index is 170. The van der Waals surface area contributed by atoms with E-state index in [4.69, 9.17) is 29.2 Å². The number of aliphatic hydroxyl groups is 1. The van der Waals surface area contributed by atoms with E-state index in [1.165, 1.54) is 0 Å². The van der Waals surface area contributed by atoms with Crippen molar-refractivity contribution in [3.8, 4) is 0 Å². The van der Waals surface area contributed by atoms with Crippen LogP contribution in [0.15, 0.2) is 0 Å². The van der Waals surface area contributed by atoms with Crippen LogP contribution in [0.5, 0.6) is 0 Å². The minimum Gasteiger partial charge on any atom is -1.00 e. The molecule has 0 aromatic rings. The third kappa shape index (κ3) is 31.5. The standard InChI is InChI=1S/C2H7O4P.2Na.HO3P.2H/c1-2(3)7(4,5)6;;;1-4(2)3;;/h2-3H,1H3,(H2,4,5,6);;;(H-,1,2,3);;/q;2*+1;;2*-1/p+1. The first kappa shape index (κ1) is 24.4. The van der Waals surface area contributed by atoms with E-state index in [1.54, 1.807) is 0 Å². The van der Waals surface area contributed by atoms with Gasteiger partial charge in [0.25, 0.3) is 0 Å². The Kier molecular flexibility index (Phi) is 22.9. The molecule has 0 aromatic carbocycles. The molecule has 0 aliphatic carbocycles. The van der Waals surface area contributed by atoms with E-state index in [9.17, 15) is 4.57 Å². The third-order valence-electron chi connectivity index (χ3n) is 0.487. The molecule has 1 atom stereocenters. The summed E-state index contributed by atoms with van der Waals surface area (Å²) in [5.74, 6) is -1.53. The predicted molar refractivity (Wildman–Crippen MR) is 38.0 cm³/mol. The average molecular weight is 255 g/mol. The molecule has 0 fully saturated rings. The van der Waals surface area contributed by atoms with Gasteiger partial charge in [-0.2, -0.15) is 0 Å². The molecule has 0 rings (SSSR count). The van der Waals surface area contributed by atoms with Gasteiger partial charge < -0.3 is 17.7 Å². The van der Waals surface area contributed by atoms with Crippen molar-refractivity contribution in [1.82, 2.24) is 0 Å². The van der Waals surface area contributed by atoms with Crippen LogP contribution in [0.3, 0.4) is 0 Å². The molecule has 11 heteroatoms. The quantitative estimate of drug-likeness (QED) is 0.232. The smallest absolute Gasteiger partial charge is 1.00 e. The molecule has 0 bridgehead atoms. The molecule has 72 valence electrons. The zero-order valence-electron chi connectivity index (χ0n) is 9.52. The number of aliphatic hydroxyl groups excluding tert-OH is 1. The van der Waals surface area contributed by atoms with Crippen molar-refractivity contribution in [2.75, 3.05) is 0 Å². The Morgan fingerprint density at radius 1 is 1.31 bits per heavy atom. The second-order valence-corrected chi connectivity index (χ2v) is 3.90. The first-order chi connectivity index (χ1) is 4.68. The third-order valence-corrected chi connectivity index (χ3v) is 1.46. The van der Waals surface area contributed by atoms with Crippen molar-refractivity contribution in [1.29, 1.82) is 0 Å². The molecule has 5 N–H and O–H groups in total. The summed E-state index contributed by atoms with van der Waals surface area (Å²) in [4.78, 5) is 30.2. The van der Waals surface area contributed by atoms with Gasteiger partial charge in [-0.05, 0) is 6.92 Å². The molecule has 1 unspecified atom stereocenters. The summed E-state index contributed by atoms with van der Waals surface area (Å²) in [5, 5.41) is 8.13. The molecule has 0 heterocycles. The molecule has 0 spiro atoms. The van der Waals surface area contributed by atoms with Crippen molar-refractivity contribution in [3.05, 3.63) is 0 Å². The molecular weight excluding hydrogens is 244 g/mol. The second kappa shape index (κ2) is 12.2. The predicted octanol–water partition coefficient (Wildman–Crippen LogP) is -6.64. The van der Waals surface area contributed by atoms with Crippen LogP contribution >= 0.6 is 15.9 Å². The average Bonchev–Trinajstić information content (AvgIpc) is 1.59. The fourth-order valence-corrected chi connectivity index (χ4v) is 0. The van der Waals surface area contributed by atoms with Gasteiger partial charge in [0.05, 0.1) is 0 Å². The van der Waals surface area contributed by atoms with Crippen LogP contribution < -0.4 is 59.1 Å². The van der Waals surface area contributed by atoms with Gasteiger partial charge in [0.1, 0.15) is 0 Å². The minimum absolute atomic E-state index is 0. The first-order valence-corrected chi connectivity index (χ1v) is 5.11. The van der Waals surface area contributed by atoms with Crippen LogP contribution in [0.2, 0.25) is 0 Å².